The van der Waals surface area contributed by atoms with E-state index in [0.717, 1.165) is 29.6 Å². The Morgan fingerprint density at radius 2 is 2.31 bits per heavy atom. The van der Waals surface area contributed by atoms with E-state index in [2.05, 4.69) is 27.9 Å². The first kappa shape index (κ1) is 18.4. The predicted octanol–water partition coefficient (Wildman–Crippen LogP) is 2.46. The van der Waals surface area contributed by atoms with E-state index in [9.17, 15) is 13.7 Å². The molecule has 138 valence electrons. The van der Waals surface area contributed by atoms with Crippen LogP contribution in [0.2, 0.25) is 0 Å². The van der Waals surface area contributed by atoms with Crippen molar-refractivity contribution in [2.45, 2.75) is 25.3 Å². The third-order valence-electron chi connectivity index (χ3n) is 4.86. The summed E-state index contributed by atoms with van der Waals surface area (Å²) in [6.07, 6.45) is 7.26. The quantitative estimate of drug-likeness (QED) is 0.692. The molecule has 1 aliphatic rings. The van der Waals surface area contributed by atoms with Gasteiger partial charge in [-0.1, -0.05) is 6.08 Å². The first-order valence-electron chi connectivity index (χ1n) is 8.62. The molecule has 0 saturated heterocycles. The molecule has 2 aromatic heterocycles. The largest absolute Gasteiger partial charge is 0.381 e. The number of pyridine rings is 1. The van der Waals surface area contributed by atoms with Crippen molar-refractivity contribution in [2.24, 2.45) is 5.92 Å². The lowest BCUT2D eigenvalue weighted by Gasteiger charge is -2.37. The van der Waals surface area contributed by atoms with Gasteiger partial charge in [0, 0.05) is 37.4 Å². The highest BCUT2D eigenvalue weighted by molar-refractivity contribution is 7.89. The molecule has 0 spiro atoms. The molecule has 0 amide bonds. The second-order valence-corrected chi connectivity index (χ2v) is 8.88. The monoisotopic (exact) mass is 373 g/mol. The molecule has 2 aromatic rings. The molecule has 7 nitrogen and oxygen atoms in total. The summed E-state index contributed by atoms with van der Waals surface area (Å²) in [5.74, 6) is 0.303. The summed E-state index contributed by atoms with van der Waals surface area (Å²) in [7, 11) is -1.62. The summed E-state index contributed by atoms with van der Waals surface area (Å²) in [6.45, 7) is 4.09. The van der Waals surface area contributed by atoms with Gasteiger partial charge in [-0.25, -0.2) is 17.7 Å². The number of nitriles is 1. The Hall–Kier alpha value is -2.37. The van der Waals surface area contributed by atoms with Crippen LogP contribution >= 0.6 is 0 Å². The SMILES string of the molecule is C=CCCN(C)S(=O)(=O)CC1CC(Nc2c(C#N)cnc3[nH]ccc23)C1. The van der Waals surface area contributed by atoms with Crippen molar-refractivity contribution in [3.8, 4) is 6.07 Å². The average molecular weight is 373 g/mol. The molecule has 2 heterocycles. The van der Waals surface area contributed by atoms with Gasteiger partial charge in [-0.05, 0) is 31.2 Å². The van der Waals surface area contributed by atoms with Crippen molar-refractivity contribution >= 4 is 26.7 Å². The zero-order valence-electron chi connectivity index (χ0n) is 14.8. The van der Waals surface area contributed by atoms with Crippen LogP contribution in [0.4, 0.5) is 5.69 Å². The van der Waals surface area contributed by atoms with Crippen molar-refractivity contribution in [3.63, 3.8) is 0 Å². The number of fused-ring (bicyclic) bond motifs is 1. The van der Waals surface area contributed by atoms with Gasteiger partial charge in [0.2, 0.25) is 10.0 Å². The van der Waals surface area contributed by atoms with Crippen LogP contribution in [0.5, 0.6) is 0 Å². The van der Waals surface area contributed by atoms with Crippen molar-refractivity contribution in [1.82, 2.24) is 14.3 Å². The second kappa shape index (κ2) is 7.48. The maximum atomic E-state index is 12.4. The highest BCUT2D eigenvalue weighted by atomic mass is 32.2. The second-order valence-electron chi connectivity index (χ2n) is 6.75. The average Bonchev–Trinajstić information content (AvgIpc) is 3.06. The van der Waals surface area contributed by atoms with Crippen LogP contribution in [0.15, 0.2) is 31.1 Å². The standard InChI is InChI=1S/C18H23N5O2S/c1-3-4-7-23(2)26(24,25)12-13-8-15(9-13)22-17-14(10-19)11-21-18-16(17)5-6-20-18/h3,5-6,11,13,15H,1,4,7-9,12H2,2H3,(H2,20,21,22). The van der Waals surface area contributed by atoms with Crippen LogP contribution in [0.3, 0.4) is 0 Å². The Balaban J connectivity index is 1.61. The van der Waals surface area contributed by atoms with Crippen molar-refractivity contribution in [1.29, 1.82) is 5.26 Å². The summed E-state index contributed by atoms with van der Waals surface area (Å²) in [6, 6.07) is 4.22. The maximum absolute atomic E-state index is 12.4. The van der Waals surface area contributed by atoms with Crippen LogP contribution in [-0.2, 0) is 10.0 Å². The fourth-order valence-corrected chi connectivity index (χ4v) is 4.79. The summed E-state index contributed by atoms with van der Waals surface area (Å²) in [4.78, 5) is 7.26. The van der Waals surface area contributed by atoms with Crippen LogP contribution in [0, 0.1) is 17.2 Å². The van der Waals surface area contributed by atoms with E-state index < -0.39 is 10.0 Å². The normalized spacial score (nSPS) is 19.9. The van der Waals surface area contributed by atoms with Gasteiger partial charge in [0.1, 0.15) is 11.7 Å². The Bertz CT molecular complexity index is 938. The first-order valence-corrected chi connectivity index (χ1v) is 10.2. The molecule has 0 radical (unpaired) electrons. The number of hydrogen-bond acceptors (Lipinski definition) is 5. The third kappa shape index (κ3) is 3.74. The zero-order valence-corrected chi connectivity index (χ0v) is 15.6. The number of H-pyrrole nitrogens is 1. The van der Waals surface area contributed by atoms with Crippen molar-refractivity contribution in [2.75, 3.05) is 24.7 Å². The zero-order chi connectivity index (χ0) is 18.7. The molecule has 0 aliphatic heterocycles. The van der Waals surface area contributed by atoms with E-state index in [-0.39, 0.29) is 17.7 Å². The maximum Gasteiger partial charge on any atom is 0.214 e. The van der Waals surface area contributed by atoms with E-state index in [1.807, 2.05) is 6.07 Å². The van der Waals surface area contributed by atoms with Gasteiger partial charge in [-0.2, -0.15) is 5.26 Å². The molecule has 0 atom stereocenters. The first-order chi connectivity index (χ1) is 12.4. The summed E-state index contributed by atoms with van der Waals surface area (Å²) >= 11 is 0. The lowest BCUT2D eigenvalue weighted by molar-refractivity contribution is 0.306. The van der Waals surface area contributed by atoms with Crippen molar-refractivity contribution in [3.05, 3.63) is 36.7 Å². The number of hydrogen-bond donors (Lipinski definition) is 2. The highest BCUT2D eigenvalue weighted by Crippen LogP contribution is 2.34. The van der Waals surface area contributed by atoms with Crippen LogP contribution in [-0.4, -0.2) is 48.1 Å². The fraction of sp³-hybridized carbons (Fsp3) is 0.444. The molecule has 0 unspecified atom stereocenters. The van der Waals surface area contributed by atoms with Gasteiger partial charge in [-0.15, -0.1) is 6.58 Å². The highest BCUT2D eigenvalue weighted by Gasteiger charge is 2.34. The van der Waals surface area contributed by atoms with E-state index in [1.165, 1.54) is 4.31 Å². The Morgan fingerprint density at radius 3 is 3.00 bits per heavy atom. The van der Waals surface area contributed by atoms with E-state index in [0.29, 0.717) is 18.5 Å². The van der Waals surface area contributed by atoms with Gasteiger partial charge < -0.3 is 10.3 Å². The van der Waals surface area contributed by atoms with Crippen molar-refractivity contribution < 1.29 is 8.42 Å². The number of rotatable bonds is 8. The Kier molecular flexibility index (Phi) is 5.30. The molecule has 1 aliphatic carbocycles. The van der Waals surface area contributed by atoms with Crippen LogP contribution in [0.25, 0.3) is 11.0 Å². The molecule has 8 heteroatoms. The molecule has 3 rings (SSSR count). The topological polar surface area (TPSA) is 102 Å². The summed E-state index contributed by atoms with van der Waals surface area (Å²) in [5, 5.41) is 13.6. The van der Waals surface area contributed by atoms with Gasteiger partial charge in [0.25, 0.3) is 0 Å². The van der Waals surface area contributed by atoms with E-state index in [4.69, 9.17) is 0 Å². The molecular formula is C18H23N5O2S. The molecule has 26 heavy (non-hydrogen) atoms. The van der Waals surface area contributed by atoms with Crippen LogP contribution in [0.1, 0.15) is 24.8 Å². The minimum absolute atomic E-state index is 0.137. The number of aromatic amines is 1. The molecule has 1 fully saturated rings. The smallest absolute Gasteiger partial charge is 0.214 e. The van der Waals surface area contributed by atoms with Gasteiger partial charge in [-0.3, -0.25) is 0 Å². The van der Waals surface area contributed by atoms with E-state index >= 15 is 0 Å². The molecular weight excluding hydrogens is 350 g/mol. The predicted molar refractivity (Wildman–Crippen MR) is 102 cm³/mol. The Labute approximate surface area is 153 Å². The summed E-state index contributed by atoms with van der Waals surface area (Å²) < 4.78 is 26.1. The van der Waals surface area contributed by atoms with Gasteiger partial charge in [0.15, 0.2) is 0 Å². The molecule has 0 aromatic carbocycles. The van der Waals surface area contributed by atoms with Gasteiger partial charge >= 0.3 is 0 Å². The minimum Gasteiger partial charge on any atom is -0.381 e. The fourth-order valence-electron chi connectivity index (χ4n) is 3.28. The summed E-state index contributed by atoms with van der Waals surface area (Å²) in [5.41, 5.74) is 2.00. The molecule has 1 saturated carbocycles. The Morgan fingerprint density at radius 1 is 1.54 bits per heavy atom. The molecule has 0 bridgehead atoms. The lowest BCUT2D eigenvalue weighted by Crippen LogP contribution is -2.42. The number of anilines is 1. The molecule has 2 N–H and O–H groups in total. The minimum atomic E-state index is -3.24. The number of aromatic nitrogens is 2. The van der Waals surface area contributed by atoms with E-state index in [1.54, 1.807) is 25.5 Å². The number of sulfonamides is 1. The van der Waals surface area contributed by atoms with Gasteiger partial charge in [0.05, 0.1) is 17.0 Å². The van der Waals surface area contributed by atoms with Crippen LogP contribution < -0.4 is 5.32 Å². The third-order valence-corrected chi connectivity index (χ3v) is 6.89. The lowest BCUT2D eigenvalue weighted by atomic mass is 9.81. The number of nitrogens with one attached hydrogen (secondary N) is 2. The number of nitrogens with zero attached hydrogens (tertiary/aromatic N) is 3.